The van der Waals surface area contributed by atoms with Crippen LogP contribution >= 0.6 is 23.1 Å². The highest BCUT2D eigenvalue weighted by molar-refractivity contribution is 7.99. The molecule has 35 heavy (non-hydrogen) atoms. The summed E-state index contributed by atoms with van der Waals surface area (Å²) < 4.78 is 1.68. The van der Waals surface area contributed by atoms with Crippen molar-refractivity contribution in [2.24, 2.45) is 5.92 Å². The van der Waals surface area contributed by atoms with Crippen LogP contribution in [0.25, 0.3) is 15.9 Å². The van der Waals surface area contributed by atoms with Gasteiger partial charge in [-0.3, -0.25) is 14.2 Å². The van der Waals surface area contributed by atoms with Crippen LogP contribution in [0.2, 0.25) is 0 Å². The van der Waals surface area contributed by atoms with E-state index in [0.29, 0.717) is 11.1 Å². The van der Waals surface area contributed by atoms with E-state index in [1.54, 1.807) is 15.9 Å². The molecule has 2 atom stereocenters. The molecule has 4 aromatic rings. The molecule has 180 valence electrons. The van der Waals surface area contributed by atoms with Crippen molar-refractivity contribution in [2.75, 3.05) is 5.75 Å². The highest BCUT2D eigenvalue weighted by Gasteiger charge is 2.26. The Balaban J connectivity index is 1.47. The fourth-order valence-corrected chi connectivity index (χ4v) is 6.96. The van der Waals surface area contributed by atoms with Crippen molar-refractivity contribution in [2.45, 2.75) is 50.7 Å². The Hall–Kier alpha value is -2.90. The first kappa shape index (κ1) is 23.8. The number of hydrogen-bond acceptors (Lipinski definition) is 5. The van der Waals surface area contributed by atoms with Crippen molar-refractivity contribution < 1.29 is 4.79 Å². The molecule has 1 aliphatic rings. The lowest BCUT2D eigenvalue weighted by Gasteiger charge is -2.20. The third kappa shape index (κ3) is 4.93. The van der Waals surface area contributed by atoms with Crippen molar-refractivity contribution in [3.05, 3.63) is 87.0 Å². The number of hydrogen-bond donors (Lipinski definition) is 1. The fourth-order valence-electron chi connectivity index (χ4n) is 4.76. The number of nitrogens with one attached hydrogen (secondary N) is 1. The number of thiophene rings is 1. The SMILES string of the molecule is CC[C@H]1CCc2c(sc3nc(SCC(=O)N[C@@H](C)c4ccccc4)n(-c4ccccc4)c(=O)c23)C1. The third-order valence-electron chi connectivity index (χ3n) is 6.76. The molecular weight excluding hydrogens is 474 g/mol. The number of carbonyl (C=O) groups excluding carboxylic acids is 1. The lowest BCUT2D eigenvalue weighted by atomic mass is 9.86. The van der Waals surface area contributed by atoms with Crippen LogP contribution in [0.3, 0.4) is 0 Å². The Morgan fingerprint density at radius 1 is 1.17 bits per heavy atom. The molecule has 5 nitrogen and oxygen atoms in total. The molecule has 0 saturated heterocycles. The molecule has 0 unspecified atom stereocenters. The van der Waals surface area contributed by atoms with Crippen LogP contribution in [0.15, 0.2) is 70.6 Å². The van der Waals surface area contributed by atoms with Gasteiger partial charge in [-0.25, -0.2) is 4.98 Å². The first-order valence-corrected chi connectivity index (χ1v) is 13.9. The van der Waals surface area contributed by atoms with Crippen LogP contribution in [0.4, 0.5) is 0 Å². The third-order valence-corrected chi connectivity index (χ3v) is 8.84. The van der Waals surface area contributed by atoms with E-state index in [2.05, 4.69) is 12.2 Å². The highest BCUT2D eigenvalue weighted by Crippen LogP contribution is 2.37. The molecule has 0 radical (unpaired) electrons. The van der Waals surface area contributed by atoms with Gasteiger partial charge < -0.3 is 5.32 Å². The van der Waals surface area contributed by atoms with Gasteiger partial charge in [0.15, 0.2) is 5.16 Å². The molecule has 0 fully saturated rings. The van der Waals surface area contributed by atoms with Gasteiger partial charge in [0, 0.05) is 4.88 Å². The van der Waals surface area contributed by atoms with E-state index in [0.717, 1.165) is 47.2 Å². The lowest BCUT2D eigenvalue weighted by Crippen LogP contribution is -2.29. The second kappa shape index (κ2) is 10.4. The number of rotatable bonds is 7. The average Bonchev–Trinajstić information content (AvgIpc) is 3.26. The van der Waals surface area contributed by atoms with Gasteiger partial charge in [-0.15, -0.1) is 11.3 Å². The number of aryl methyl sites for hydroxylation is 1. The van der Waals surface area contributed by atoms with Crippen LogP contribution in [-0.4, -0.2) is 21.2 Å². The topological polar surface area (TPSA) is 64.0 Å². The normalized spacial score (nSPS) is 16.1. The van der Waals surface area contributed by atoms with Gasteiger partial charge in [-0.05, 0) is 55.4 Å². The molecule has 7 heteroatoms. The maximum atomic E-state index is 13.9. The molecule has 1 aliphatic carbocycles. The number of fused-ring (bicyclic) bond motifs is 3. The first-order valence-electron chi connectivity index (χ1n) is 12.1. The standard InChI is InChI=1S/C28H29N3O2S2/c1-3-19-14-15-22-23(16-19)35-26-25(22)27(33)31(21-12-8-5-9-13-21)28(30-26)34-17-24(32)29-18(2)20-10-6-4-7-11-20/h4-13,18-19H,3,14-17H2,1-2H3,(H,29,32)/t18-,19-/m0/s1. The quantitative estimate of drug-likeness (QED) is 0.251. The van der Waals surface area contributed by atoms with E-state index in [9.17, 15) is 9.59 Å². The highest BCUT2D eigenvalue weighted by atomic mass is 32.2. The zero-order valence-electron chi connectivity index (χ0n) is 20.0. The van der Waals surface area contributed by atoms with Crippen LogP contribution in [0.1, 0.15) is 48.7 Å². The molecule has 0 aliphatic heterocycles. The number of amides is 1. The summed E-state index contributed by atoms with van der Waals surface area (Å²) >= 11 is 2.97. The van der Waals surface area contributed by atoms with Crippen LogP contribution in [0.5, 0.6) is 0 Å². The van der Waals surface area contributed by atoms with Crippen molar-refractivity contribution in [3.8, 4) is 5.69 Å². The minimum atomic E-state index is -0.0911. The molecule has 0 spiro atoms. The lowest BCUT2D eigenvalue weighted by molar-refractivity contribution is -0.119. The van der Waals surface area contributed by atoms with Crippen LogP contribution in [-0.2, 0) is 17.6 Å². The predicted molar refractivity (Wildman–Crippen MR) is 145 cm³/mol. The summed E-state index contributed by atoms with van der Waals surface area (Å²) in [6.07, 6.45) is 4.25. The fraction of sp³-hybridized carbons (Fsp3) is 0.321. The molecule has 5 rings (SSSR count). The number of thioether (sulfide) groups is 1. The maximum absolute atomic E-state index is 13.9. The van der Waals surface area contributed by atoms with E-state index in [-0.39, 0.29) is 23.3 Å². The minimum Gasteiger partial charge on any atom is -0.349 e. The number of benzene rings is 2. The van der Waals surface area contributed by atoms with Gasteiger partial charge in [0.25, 0.3) is 5.56 Å². The average molecular weight is 504 g/mol. The number of carbonyl (C=O) groups is 1. The second-order valence-corrected chi connectivity index (χ2v) is 11.1. The molecule has 1 amide bonds. The first-order chi connectivity index (χ1) is 17.0. The van der Waals surface area contributed by atoms with Crippen LogP contribution in [0, 0.1) is 5.92 Å². The van der Waals surface area contributed by atoms with Gasteiger partial charge in [-0.2, -0.15) is 0 Å². The molecule has 2 aromatic carbocycles. The van der Waals surface area contributed by atoms with Crippen molar-refractivity contribution in [3.63, 3.8) is 0 Å². The summed E-state index contributed by atoms with van der Waals surface area (Å²) in [5.41, 5.74) is 2.98. The minimum absolute atomic E-state index is 0.0331. The largest absolute Gasteiger partial charge is 0.349 e. The summed E-state index contributed by atoms with van der Waals surface area (Å²) in [4.78, 5) is 33.7. The summed E-state index contributed by atoms with van der Waals surface area (Å²) in [5, 5.41) is 4.37. The van der Waals surface area contributed by atoms with Gasteiger partial charge in [0.2, 0.25) is 5.91 Å². The second-order valence-electron chi connectivity index (χ2n) is 9.06. The number of nitrogens with zero attached hydrogens (tertiary/aromatic N) is 2. The van der Waals surface area contributed by atoms with E-state index < -0.39 is 0 Å². The zero-order valence-corrected chi connectivity index (χ0v) is 21.6. The molecular formula is C28H29N3O2S2. The Labute approximate surface area is 213 Å². The zero-order chi connectivity index (χ0) is 24.4. The van der Waals surface area contributed by atoms with E-state index in [1.807, 2.05) is 67.6 Å². The van der Waals surface area contributed by atoms with Crippen LogP contribution < -0.4 is 10.9 Å². The number of para-hydroxylation sites is 1. The van der Waals surface area contributed by atoms with E-state index >= 15 is 0 Å². The molecule has 0 saturated carbocycles. The van der Waals surface area contributed by atoms with Gasteiger partial charge in [-0.1, -0.05) is 73.6 Å². The Kier molecular flexibility index (Phi) is 7.07. The molecule has 2 aromatic heterocycles. The summed E-state index contributed by atoms with van der Waals surface area (Å²) in [6.45, 7) is 4.21. The van der Waals surface area contributed by atoms with Gasteiger partial charge in [0.05, 0.1) is 22.9 Å². The molecule has 2 heterocycles. The Bertz CT molecular complexity index is 1400. The summed E-state index contributed by atoms with van der Waals surface area (Å²) in [6, 6.07) is 19.4. The summed E-state index contributed by atoms with van der Waals surface area (Å²) in [5.74, 6) is 0.776. The van der Waals surface area contributed by atoms with Crippen molar-refractivity contribution in [1.29, 1.82) is 0 Å². The van der Waals surface area contributed by atoms with Crippen molar-refractivity contribution >= 4 is 39.2 Å². The van der Waals surface area contributed by atoms with E-state index in [4.69, 9.17) is 4.98 Å². The monoisotopic (exact) mass is 503 g/mol. The molecule has 0 bridgehead atoms. The van der Waals surface area contributed by atoms with Gasteiger partial charge >= 0.3 is 0 Å². The Morgan fingerprint density at radius 3 is 2.60 bits per heavy atom. The smallest absolute Gasteiger partial charge is 0.267 e. The Morgan fingerprint density at radius 2 is 1.89 bits per heavy atom. The maximum Gasteiger partial charge on any atom is 0.267 e. The van der Waals surface area contributed by atoms with Crippen molar-refractivity contribution in [1.82, 2.24) is 14.9 Å². The number of aromatic nitrogens is 2. The molecule has 1 N–H and O–H groups in total. The summed E-state index contributed by atoms with van der Waals surface area (Å²) in [7, 11) is 0. The van der Waals surface area contributed by atoms with Gasteiger partial charge in [0.1, 0.15) is 4.83 Å². The predicted octanol–water partition coefficient (Wildman–Crippen LogP) is 5.93. The van der Waals surface area contributed by atoms with E-state index in [1.165, 1.54) is 22.2 Å².